The summed E-state index contributed by atoms with van der Waals surface area (Å²) in [5.74, 6) is -0.694. The van der Waals surface area contributed by atoms with Gasteiger partial charge >= 0.3 is 0 Å². The van der Waals surface area contributed by atoms with Crippen LogP contribution >= 0.6 is 11.6 Å². The Labute approximate surface area is 281 Å². The number of hydrogen-bond acceptors (Lipinski definition) is 8. The van der Waals surface area contributed by atoms with Crippen molar-refractivity contribution in [3.8, 4) is 5.75 Å². The fourth-order valence-corrected chi connectivity index (χ4v) is 8.43. The van der Waals surface area contributed by atoms with Crippen LogP contribution in [0.15, 0.2) is 48.6 Å². The summed E-state index contributed by atoms with van der Waals surface area (Å²) in [6.45, 7) is 2.03. The van der Waals surface area contributed by atoms with Crippen LogP contribution < -0.4 is 19.5 Å². The Balaban J connectivity index is 1.48. The minimum Gasteiger partial charge on any atom is -0.490 e. The normalized spacial score (nSPS) is 30.3. The topological polar surface area (TPSA) is 152 Å². The van der Waals surface area contributed by atoms with Gasteiger partial charge in [-0.25, -0.2) is 9.86 Å². The van der Waals surface area contributed by atoms with Crippen LogP contribution in [0, 0.1) is 11.8 Å². The lowest BCUT2D eigenvalue weighted by Crippen LogP contribution is -2.51. The Morgan fingerprint density at radius 2 is 2.02 bits per heavy atom. The van der Waals surface area contributed by atoms with Crippen molar-refractivity contribution in [3.63, 3.8) is 0 Å². The van der Waals surface area contributed by atoms with Gasteiger partial charge < -0.3 is 24.4 Å². The van der Waals surface area contributed by atoms with Gasteiger partial charge in [0.15, 0.2) is 5.60 Å². The van der Waals surface area contributed by atoms with Crippen LogP contribution in [0.4, 0.5) is 5.69 Å². The lowest BCUT2D eigenvalue weighted by Gasteiger charge is -2.46. The summed E-state index contributed by atoms with van der Waals surface area (Å²) in [5, 5.41) is 17.8. The van der Waals surface area contributed by atoms with Crippen molar-refractivity contribution >= 4 is 39.3 Å². The molecule has 1 fully saturated rings. The number of aryl methyl sites for hydroxylation is 1. The second-order valence-corrected chi connectivity index (χ2v) is 15.3. The highest BCUT2D eigenvalue weighted by atomic mass is 35.5. The monoisotopic (exact) mass is 686 g/mol. The fraction of sp³-hybridized carbons (Fsp3) is 0.529. The van der Waals surface area contributed by atoms with Gasteiger partial charge in [-0.05, 0) is 91.3 Å². The zero-order chi connectivity index (χ0) is 33.6. The molecule has 11 nitrogen and oxygen atoms in total. The summed E-state index contributed by atoms with van der Waals surface area (Å²) in [6, 6.07) is 10.9. The van der Waals surface area contributed by atoms with E-state index < -0.39 is 34.0 Å². The maximum atomic E-state index is 13.5. The van der Waals surface area contributed by atoms with E-state index in [0.29, 0.717) is 55.0 Å². The summed E-state index contributed by atoms with van der Waals surface area (Å²) in [5.41, 5.74) is 0.239. The van der Waals surface area contributed by atoms with E-state index in [2.05, 4.69) is 17.0 Å². The summed E-state index contributed by atoms with van der Waals surface area (Å²) >= 11 is 6.42. The molecule has 0 unspecified atom stereocenters. The molecule has 13 heteroatoms. The number of nitrogens with one attached hydrogen (secondary N) is 1. The van der Waals surface area contributed by atoms with E-state index in [-0.39, 0.29) is 23.0 Å². The second-order valence-electron chi connectivity index (χ2n) is 13.5. The third-order valence-corrected chi connectivity index (χ3v) is 11.2. The number of methoxy groups -OCH3 is 1. The number of amides is 2. The number of hydrogen-bond donors (Lipinski definition) is 3. The highest BCUT2D eigenvalue weighted by Gasteiger charge is 2.46. The molecular formula is C34H43ClN4O7S. The first-order chi connectivity index (χ1) is 22.3. The van der Waals surface area contributed by atoms with Crippen molar-refractivity contribution < 1.29 is 32.6 Å². The summed E-state index contributed by atoms with van der Waals surface area (Å²) < 4.78 is 38.1. The first kappa shape index (κ1) is 33.7. The maximum absolute atomic E-state index is 13.5. The molecule has 5 atom stereocenters. The molecule has 4 aliphatic rings. The zero-order valence-electron chi connectivity index (χ0n) is 26.8. The molecule has 2 aromatic carbocycles. The van der Waals surface area contributed by atoms with Crippen LogP contribution in [0.5, 0.6) is 5.75 Å². The molecule has 2 bridgehead atoms. The molecule has 2 amide bonds. The van der Waals surface area contributed by atoms with Crippen LogP contribution in [0.3, 0.4) is 0 Å². The second kappa shape index (κ2) is 13.0. The smallest absolute Gasteiger partial charge is 0.298 e. The molecule has 254 valence electrons. The first-order valence-corrected chi connectivity index (χ1v) is 18.1. The fourth-order valence-electron chi connectivity index (χ4n) is 7.81. The Bertz CT molecular complexity index is 1690. The Kier molecular flexibility index (Phi) is 9.36. The molecule has 2 aliphatic carbocycles. The third-order valence-electron chi connectivity index (χ3n) is 10.5. The molecule has 1 spiro atoms. The van der Waals surface area contributed by atoms with Crippen molar-refractivity contribution in [2.24, 2.45) is 17.0 Å². The number of fused-ring (bicyclic) bond motifs is 4. The Morgan fingerprint density at radius 3 is 2.74 bits per heavy atom. The molecule has 4 N–H and O–H groups in total. The minimum absolute atomic E-state index is 0.0615. The number of ether oxygens (including phenoxy) is 2. The lowest BCUT2D eigenvalue weighted by atomic mass is 9.68. The van der Waals surface area contributed by atoms with E-state index >= 15 is 0 Å². The summed E-state index contributed by atoms with van der Waals surface area (Å²) in [4.78, 5) is 30.6. The van der Waals surface area contributed by atoms with E-state index in [4.69, 9.17) is 26.2 Å². The van der Waals surface area contributed by atoms with Gasteiger partial charge in [-0.1, -0.05) is 35.9 Å². The number of anilines is 1. The summed E-state index contributed by atoms with van der Waals surface area (Å²) in [7, 11) is -1.23. The predicted octanol–water partition coefficient (Wildman–Crippen LogP) is 3.17. The van der Waals surface area contributed by atoms with Crippen molar-refractivity contribution in [3.05, 3.63) is 70.3 Å². The number of carbonyl (C=O) groups is 2. The van der Waals surface area contributed by atoms with Crippen LogP contribution in [0.2, 0.25) is 5.02 Å². The van der Waals surface area contributed by atoms with Crippen molar-refractivity contribution in [2.75, 3.05) is 45.3 Å². The van der Waals surface area contributed by atoms with Gasteiger partial charge in [0.1, 0.15) is 5.75 Å². The number of benzene rings is 2. The Hall–Kier alpha value is -3.16. The molecule has 0 aromatic heterocycles. The molecule has 1 saturated carbocycles. The largest absolute Gasteiger partial charge is 0.490 e. The lowest BCUT2D eigenvalue weighted by molar-refractivity contribution is -0.148. The van der Waals surface area contributed by atoms with Gasteiger partial charge in [0.05, 0.1) is 24.8 Å². The number of nitrogens with zero attached hydrogens (tertiary/aromatic N) is 2. The standard InChI is InChI=1S/C34H43ClN4O7S/c1-38-15-4-3-7-29(45-2)26-11-8-23(26)19-39-20-33(14-5-6-22-16-25(35)10-12-27(22)33)21-46-30-13-9-24(17-28(30)39)34(42,18-31(38)40)32(41)37-47(36,43)44/h3,7,9-10,12-13,16-17,23,26,29,42H,4-6,8,11,14-15,18-21H2,1-2H3,(H,37,41)(H2,36,43,44)/b7-3-/t23-,26+,29-,33-,34+/m0/s1. The van der Waals surface area contributed by atoms with E-state index in [0.717, 1.165) is 32.1 Å². The van der Waals surface area contributed by atoms with Gasteiger partial charge in [-0.2, -0.15) is 8.42 Å². The molecule has 0 radical (unpaired) electrons. The van der Waals surface area contributed by atoms with E-state index in [9.17, 15) is 23.1 Å². The van der Waals surface area contributed by atoms with Crippen LogP contribution in [0.25, 0.3) is 0 Å². The number of aliphatic hydroxyl groups is 1. The van der Waals surface area contributed by atoms with Crippen molar-refractivity contribution in [1.82, 2.24) is 9.62 Å². The van der Waals surface area contributed by atoms with Crippen molar-refractivity contribution in [2.45, 2.75) is 62.1 Å². The van der Waals surface area contributed by atoms with Gasteiger partial charge in [-0.3, -0.25) is 9.59 Å². The van der Waals surface area contributed by atoms with E-state index in [1.165, 1.54) is 22.1 Å². The quantitative estimate of drug-likeness (QED) is 0.417. The SMILES string of the molecule is CO[C@H]1/C=C\CCN(C)C(=O)C[C@](O)(C(=O)NS(N)(=O)=O)c2ccc3c(c2)N(C[C@@H]2CC[C@H]21)C[C@@]1(CCCc2cc(Cl)ccc21)CO3. The van der Waals surface area contributed by atoms with E-state index in [1.54, 1.807) is 31.0 Å². The minimum atomic E-state index is -4.54. The highest BCUT2D eigenvalue weighted by Crippen LogP contribution is 2.47. The van der Waals surface area contributed by atoms with Gasteiger partial charge in [-0.15, -0.1) is 0 Å². The van der Waals surface area contributed by atoms with E-state index in [1.807, 2.05) is 18.2 Å². The molecule has 2 aromatic rings. The predicted molar refractivity (Wildman–Crippen MR) is 178 cm³/mol. The molecule has 0 saturated heterocycles. The van der Waals surface area contributed by atoms with Gasteiger partial charge in [0, 0.05) is 44.2 Å². The number of carbonyl (C=O) groups excluding carboxylic acids is 2. The molecule has 47 heavy (non-hydrogen) atoms. The number of rotatable bonds is 3. The van der Waals surface area contributed by atoms with Gasteiger partial charge in [0.25, 0.3) is 16.1 Å². The molecule has 6 rings (SSSR count). The number of nitrogens with two attached hydrogens (primary N) is 1. The zero-order valence-corrected chi connectivity index (χ0v) is 28.4. The first-order valence-electron chi connectivity index (χ1n) is 16.1. The molecular weight excluding hydrogens is 644 g/mol. The van der Waals surface area contributed by atoms with Crippen molar-refractivity contribution in [1.29, 1.82) is 0 Å². The van der Waals surface area contributed by atoms with Crippen LogP contribution in [0.1, 0.15) is 55.2 Å². The Morgan fingerprint density at radius 1 is 1.21 bits per heavy atom. The molecule has 2 heterocycles. The van der Waals surface area contributed by atoms with Crippen LogP contribution in [-0.4, -0.2) is 76.7 Å². The van der Waals surface area contributed by atoms with Gasteiger partial charge in [0.2, 0.25) is 5.91 Å². The highest BCUT2D eigenvalue weighted by molar-refractivity contribution is 7.87. The average Bonchev–Trinajstić information content (AvgIpc) is 3.15. The molecule has 2 aliphatic heterocycles. The summed E-state index contributed by atoms with van der Waals surface area (Å²) in [6.07, 6.45) is 8.66. The maximum Gasteiger partial charge on any atom is 0.298 e. The number of halogens is 1. The average molecular weight is 687 g/mol. The third kappa shape index (κ3) is 6.76. The van der Waals surface area contributed by atoms with Crippen LogP contribution in [-0.2, 0) is 42.0 Å².